The molecule has 0 saturated carbocycles. The Morgan fingerprint density at radius 1 is 1.17 bits per heavy atom. The van der Waals surface area contributed by atoms with Gasteiger partial charge < -0.3 is 4.98 Å². The van der Waals surface area contributed by atoms with Crippen LogP contribution in [0.1, 0.15) is 12.5 Å². The Bertz CT molecular complexity index is 867. The number of imidazole rings is 1. The van der Waals surface area contributed by atoms with Crippen molar-refractivity contribution in [1.29, 1.82) is 0 Å². The van der Waals surface area contributed by atoms with E-state index in [1.807, 2.05) is 6.07 Å². The second-order valence-corrected chi connectivity index (χ2v) is 4.60. The molecule has 88 valence electrons. The Hall–Kier alpha value is -2.29. The fourth-order valence-electron chi connectivity index (χ4n) is 2.53. The van der Waals surface area contributed by atoms with Crippen molar-refractivity contribution in [3.63, 3.8) is 0 Å². The number of nitrogens with one attached hydrogen (secondary N) is 1. The molecule has 0 spiro atoms. The molecule has 3 aromatic heterocycles. The number of aromatic amines is 1. The highest BCUT2D eigenvalue weighted by Crippen LogP contribution is 2.25. The largest absolute Gasteiger partial charge is 0.339 e. The van der Waals surface area contributed by atoms with Crippen LogP contribution >= 0.6 is 0 Å². The molecule has 1 N–H and O–H groups in total. The molecular weight excluding hydrogens is 222 g/mol. The maximum Gasteiger partial charge on any atom is 0.143 e. The maximum absolute atomic E-state index is 4.71. The van der Waals surface area contributed by atoms with E-state index in [1.54, 1.807) is 0 Å². The van der Waals surface area contributed by atoms with Gasteiger partial charge in [-0.15, -0.1) is 0 Å². The van der Waals surface area contributed by atoms with Crippen molar-refractivity contribution in [2.45, 2.75) is 13.3 Å². The Labute approximate surface area is 104 Å². The predicted octanol–water partition coefficient (Wildman–Crippen LogP) is 3.53. The van der Waals surface area contributed by atoms with E-state index in [0.717, 1.165) is 28.7 Å². The highest BCUT2D eigenvalue weighted by molar-refractivity contribution is 6.05. The van der Waals surface area contributed by atoms with Gasteiger partial charge in [-0.25, -0.2) is 4.98 Å². The summed E-state index contributed by atoms with van der Waals surface area (Å²) in [4.78, 5) is 8.16. The zero-order valence-corrected chi connectivity index (χ0v) is 10.1. The predicted molar refractivity (Wildman–Crippen MR) is 73.9 cm³/mol. The molecule has 0 fully saturated rings. The van der Waals surface area contributed by atoms with E-state index in [0.29, 0.717) is 0 Å². The molecule has 4 aromatic rings. The van der Waals surface area contributed by atoms with Crippen LogP contribution in [-0.2, 0) is 6.42 Å². The van der Waals surface area contributed by atoms with Crippen molar-refractivity contribution < 1.29 is 0 Å². The van der Waals surface area contributed by atoms with Gasteiger partial charge in [0.25, 0.3) is 0 Å². The summed E-state index contributed by atoms with van der Waals surface area (Å²) < 4.78 is 2.15. The van der Waals surface area contributed by atoms with Gasteiger partial charge in [-0.1, -0.05) is 31.2 Å². The molecule has 0 aliphatic heterocycles. The third-order valence-corrected chi connectivity index (χ3v) is 3.52. The third-order valence-electron chi connectivity index (χ3n) is 3.52. The van der Waals surface area contributed by atoms with Crippen LogP contribution in [0.15, 0.2) is 42.6 Å². The monoisotopic (exact) mass is 235 g/mol. The zero-order chi connectivity index (χ0) is 12.1. The summed E-state index contributed by atoms with van der Waals surface area (Å²) in [5, 5.41) is 1.19. The van der Waals surface area contributed by atoms with Gasteiger partial charge in [0, 0.05) is 17.1 Å². The van der Waals surface area contributed by atoms with Crippen molar-refractivity contribution in [2.24, 2.45) is 0 Å². The van der Waals surface area contributed by atoms with E-state index < -0.39 is 0 Å². The molecule has 0 unspecified atom stereocenters. The minimum atomic E-state index is 0.999. The Morgan fingerprint density at radius 2 is 2.06 bits per heavy atom. The summed E-state index contributed by atoms with van der Waals surface area (Å²) in [5.74, 6) is 0. The molecule has 0 aliphatic carbocycles. The number of rotatable bonds is 1. The highest BCUT2D eigenvalue weighted by Gasteiger charge is 2.10. The number of H-pyrrole nitrogens is 1. The van der Waals surface area contributed by atoms with Gasteiger partial charge in [0.15, 0.2) is 0 Å². The Kier molecular flexibility index (Phi) is 1.81. The lowest BCUT2D eigenvalue weighted by Crippen LogP contribution is -1.89. The van der Waals surface area contributed by atoms with E-state index in [4.69, 9.17) is 4.98 Å². The maximum atomic E-state index is 4.71. The number of aryl methyl sites for hydroxylation is 1. The molecule has 4 rings (SSSR count). The average Bonchev–Trinajstić information content (AvgIpc) is 2.94. The number of hydrogen-bond acceptors (Lipinski definition) is 1. The van der Waals surface area contributed by atoms with E-state index in [9.17, 15) is 0 Å². The number of nitrogens with zero attached hydrogens (tertiary/aromatic N) is 2. The van der Waals surface area contributed by atoms with Crippen LogP contribution in [0, 0.1) is 0 Å². The molecular formula is C15H13N3. The lowest BCUT2D eigenvalue weighted by molar-refractivity contribution is 1.08. The molecule has 3 nitrogen and oxygen atoms in total. The third kappa shape index (κ3) is 1.16. The first-order valence-electron chi connectivity index (χ1n) is 6.24. The number of para-hydroxylation sites is 1. The standard InChI is InChI=1S/C15H13N3/c1-2-10-7-8-13-17-14-11-5-3-4-6-12(11)16-15(14)18(13)9-10/h3-9,16H,2H2,1H3. The molecule has 1 aromatic carbocycles. The first-order chi connectivity index (χ1) is 8.86. The van der Waals surface area contributed by atoms with Gasteiger partial charge in [-0.2, -0.15) is 0 Å². The van der Waals surface area contributed by atoms with Crippen LogP contribution in [0.5, 0.6) is 0 Å². The quantitative estimate of drug-likeness (QED) is 0.538. The summed E-state index contributed by atoms with van der Waals surface area (Å²) in [5.41, 5.74) is 5.60. The second kappa shape index (κ2) is 3.35. The molecule has 18 heavy (non-hydrogen) atoms. The van der Waals surface area contributed by atoms with Crippen molar-refractivity contribution in [2.75, 3.05) is 0 Å². The SMILES string of the molecule is CCc1ccc2nc3c4ccccc4[nH]c3n2c1. The molecule has 0 atom stereocenters. The van der Waals surface area contributed by atoms with Gasteiger partial charge in [0.2, 0.25) is 0 Å². The van der Waals surface area contributed by atoms with Crippen LogP contribution in [0.25, 0.3) is 27.7 Å². The molecule has 0 saturated heterocycles. The molecule has 3 heteroatoms. The molecule has 0 bridgehead atoms. The Balaban J connectivity index is 2.21. The van der Waals surface area contributed by atoms with Crippen molar-refractivity contribution in [1.82, 2.24) is 14.4 Å². The summed E-state index contributed by atoms with van der Waals surface area (Å²) in [6, 6.07) is 12.5. The Morgan fingerprint density at radius 3 is 2.94 bits per heavy atom. The van der Waals surface area contributed by atoms with Gasteiger partial charge in [0.1, 0.15) is 16.8 Å². The zero-order valence-electron chi connectivity index (χ0n) is 10.1. The lowest BCUT2D eigenvalue weighted by atomic mass is 10.2. The number of hydrogen-bond donors (Lipinski definition) is 1. The van der Waals surface area contributed by atoms with Crippen molar-refractivity contribution >= 4 is 27.7 Å². The minimum Gasteiger partial charge on any atom is -0.339 e. The molecule has 3 heterocycles. The molecule has 0 amide bonds. The normalized spacial score (nSPS) is 11.8. The number of fused-ring (bicyclic) bond motifs is 5. The summed E-state index contributed by atoms with van der Waals surface area (Å²) >= 11 is 0. The van der Waals surface area contributed by atoms with E-state index in [-0.39, 0.29) is 0 Å². The number of pyridine rings is 1. The minimum absolute atomic E-state index is 0.999. The first kappa shape index (κ1) is 9.71. The van der Waals surface area contributed by atoms with Gasteiger partial charge >= 0.3 is 0 Å². The average molecular weight is 235 g/mol. The summed E-state index contributed by atoms with van der Waals surface area (Å²) in [6.07, 6.45) is 3.20. The van der Waals surface area contributed by atoms with Crippen LogP contribution in [-0.4, -0.2) is 14.4 Å². The summed E-state index contributed by atoms with van der Waals surface area (Å²) in [7, 11) is 0. The number of benzene rings is 1. The fraction of sp³-hybridized carbons (Fsp3) is 0.133. The topological polar surface area (TPSA) is 33.1 Å². The van der Waals surface area contributed by atoms with Crippen molar-refractivity contribution in [3.8, 4) is 0 Å². The second-order valence-electron chi connectivity index (χ2n) is 4.60. The van der Waals surface area contributed by atoms with Crippen LogP contribution in [0.4, 0.5) is 0 Å². The van der Waals surface area contributed by atoms with Crippen LogP contribution in [0.3, 0.4) is 0 Å². The van der Waals surface area contributed by atoms with Crippen molar-refractivity contribution in [3.05, 3.63) is 48.2 Å². The smallest absolute Gasteiger partial charge is 0.143 e. The van der Waals surface area contributed by atoms with Gasteiger partial charge in [-0.05, 0) is 24.1 Å². The first-order valence-corrected chi connectivity index (χ1v) is 6.24. The highest BCUT2D eigenvalue weighted by atomic mass is 15.1. The molecule has 0 radical (unpaired) electrons. The molecule has 0 aliphatic rings. The number of aromatic nitrogens is 3. The van der Waals surface area contributed by atoms with Gasteiger partial charge in [0.05, 0.1) is 0 Å². The van der Waals surface area contributed by atoms with E-state index in [1.165, 1.54) is 10.9 Å². The van der Waals surface area contributed by atoms with Gasteiger partial charge in [-0.3, -0.25) is 4.40 Å². The van der Waals surface area contributed by atoms with E-state index in [2.05, 4.69) is 52.8 Å². The fourth-order valence-corrected chi connectivity index (χ4v) is 2.53. The van der Waals surface area contributed by atoms with Crippen LogP contribution in [0.2, 0.25) is 0 Å². The van der Waals surface area contributed by atoms with E-state index >= 15 is 0 Å². The van der Waals surface area contributed by atoms with Crippen LogP contribution < -0.4 is 0 Å². The summed E-state index contributed by atoms with van der Waals surface area (Å²) in [6.45, 7) is 2.17. The lowest BCUT2D eigenvalue weighted by Gasteiger charge is -1.98.